The SMILES string of the molecule is CCCCNC(=O)[C@H](Cc1ccccc1)N(Cc1ccc(Cl)c(Cl)c1)C(=O)COc1ccc(Cl)cc1Br. The molecule has 0 saturated heterocycles. The van der Waals surface area contributed by atoms with Gasteiger partial charge in [0.05, 0.1) is 14.5 Å². The molecule has 0 unspecified atom stereocenters. The molecule has 2 amide bonds. The lowest BCUT2D eigenvalue weighted by Gasteiger charge is -2.31. The summed E-state index contributed by atoms with van der Waals surface area (Å²) >= 11 is 21.8. The molecule has 37 heavy (non-hydrogen) atoms. The number of ether oxygens (including phenoxy) is 1. The van der Waals surface area contributed by atoms with Crippen molar-refractivity contribution in [3.8, 4) is 5.75 Å². The second kappa shape index (κ2) is 14.6. The number of carbonyl (C=O) groups is 2. The summed E-state index contributed by atoms with van der Waals surface area (Å²) in [5.74, 6) is -0.0999. The van der Waals surface area contributed by atoms with Crippen LogP contribution >= 0.6 is 50.7 Å². The third-order valence-corrected chi connectivity index (χ3v) is 7.28. The minimum absolute atomic E-state index is 0.152. The Labute approximate surface area is 241 Å². The van der Waals surface area contributed by atoms with Gasteiger partial charge in [-0.25, -0.2) is 0 Å². The van der Waals surface area contributed by atoms with Crippen LogP contribution in [0, 0.1) is 0 Å². The topological polar surface area (TPSA) is 58.6 Å². The van der Waals surface area contributed by atoms with Crippen molar-refractivity contribution < 1.29 is 14.3 Å². The standard InChI is InChI=1S/C28H28BrCl3N2O3/c1-2-3-13-33-28(36)25(15-19-7-5-4-6-8-19)34(17-20-9-11-23(31)24(32)14-20)27(35)18-37-26-12-10-21(30)16-22(26)29/h4-12,14,16,25H,2-3,13,15,17-18H2,1H3,(H,33,36)/t25-/m0/s1. The Hall–Kier alpha value is -2.25. The number of carbonyl (C=O) groups excluding carboxylic acids is 2. The van der Waals surface area contributed by atoms with Gasteiger partial charge in [-0.1, -0.05) is 84.5 Å². The molecule has 0 aliphatic rings. The monoisotopic (exact) mass is 624 g/mol. The van der Waals surface area contributed by atoms with E-state index in [1.807, 2.05) is 30.3 Å². The van der Waals surface area contributed by atoms with E-state index in [0.29, 0.717) is 38.3 Å². The molecular formula is C28H28BrCl3N2O3. The Balaban J connectivity index is 1.92. The van der Waals surface area contributed by atoms with Crippen molar-refractivity contribution in [3.63, 3.8) is 0 Å². The highest BCUT2D eigenvalue weighted by Crippen LogP contribution is 2.28. The molecule has 0 aromatic heterocycles. The van der Waals surface area contributed by atoms with Gasteiger partial charge in [0, 0.05) is 24.5 Å². The highest BCUT2D eigenvalue weighted by molar-refractivity contribution is 9.10. The molecule has 196 valence electrons. The van der Waals surface area contributed by atoms with Gasteiger partial charge in [-0.15, -0.1) is 0 Å². The zero-order chi connectivity index (χ0) is 26.8. The van der Waals surface area contributed by atoms with E-state index in [9.17, 15) is 9.59 Å². The number of rotatable bonds is 12. The van der Waals surface area contributed by atoms with Crippen LogP contribution in [-0.4, -0.2) is 35.9 Å². The van der Waals surface area contributed by atoms with Crippen LogP contribution in [0.15, 0.2) is 71.2 Å². The summed E-state index contributed by atoms with van der Waals surface area (Å²) in [6, 6.07) is 19.1. The summed E-state index contributed by atoms with van der Waals surface area (Å²) in [7, 11) is 0. The molecule has 0 spiro atoms. The van der Waals surface area contributed by atoms with E-state index in [1.54, 1.807) is 36.4 Å². The lowest BCUT2D eigenvalue weighted by molar-refractivity contribution is -0.142. The van der Waals surface area contributed by atoms with Crippen molar-refractivity contribution in [2.75, 3.05) is 13.2 Å². The lowest BCUT2D eigenvalue weighted by Crippen LogP contribution is -2.51. The van der Waals surface area contributed by atoms with Gasteiger partial charge in [0.25, 0.3) is 5.91 Å². The minimum Gasteiger partial charge on any atom is -0.483 e. The van der Waals surface area contributed by atoms with Gasteiger partial charge in [0.15, 0.2) is 6.61 Å². The zero-order valence-electron chi connectivity index (χ0n) is 20.4. The predicted octanol–water partition coefficient (Wildman–Crippen LogP) is 7.34. The fourth-order valence-corrected chi connectivity index (χ4v) is 4.83. The molecule has 0 bridgehead atoms. The summed E-state index contributed by atoms with van der Waals surface area (Å²) in [4.78, 5) is 28.6. The summed E-state index contributed by atoms with van der Waals surface area (Å²) in [6.45, 7) is 2.47. The third kappa shape index (κ3) is 8.92. The van der Waals surface area contributed by atoms with Gasteiger partial charge in [-0.2, -0.15) is 0 Å². The van der Waals surface area contributed by atoms with E-state index in [2.05, 4.69) is 28.2 Å². The Kier molecular flexibility index (Phi) is 11.6. The number of hydrogen-bond donors (Lipinski definition) is 1. The van der Waals surface area contributed by atoms with Crippen molar-refractivity contribution in [1.29, 1.82) is 0 Å². The predicted molar refractivity (Wildman–Crippen MR) is 154 cm³/mol. The van der Waals surface area contributed by atoms with Gasteiger partial charge in [-0.05, 0) is 63.8 Å². The van der Waals surface area contributed by atoms with E-state index in [0.717, 1.165) is 24.0 Å². The van der Waals surface area contributed by atoms with Crippen LogP contribution in [0.2, 0.25) is 15.1 Å². The van der Waals surface area contributed by atoms with Gasteiger partial charge in [0.2, 0.25) is 5.91 Å². The Morgan fingerprint density at radius 2 is 1.73 bits per heavy atom. The quantitative estimate of drug-likeness (QED) is 0.214. The average molecular weight is 627 g/mol. The van der Waals surface area contributed by atoms with Crippen LogP contribution in [0.3, 0.4) is 0 Å². The third-order valence-electron chi connectivity index (χ3n) is 5.68. The van der Waals surface area contributed by atoms with E-state index < -0.39 is 6.04 Å². The fraction of sp³-hybridized carbons (Fsp3) is 0.286. The molecular weight excluding hydrogens is 599 g/mol. The van der Waals surface area contributed by atoms with E-state index in [4.69, 9.17) is 39.5 Å². The van der Waals surface area contributed by atoms with Crippen LogP contribution in [-0.2, 0) is 22.6 Å². The average Bonchev–Trinajstić information content (AvgIpc) is 2.88. The lowest BCUT2D eigenvalue weighted by atomic mass is 10.0. The Bertz CT molecular complexity index is 1210. The maximum absolute atomic E-state index is 13.6. The van der Waals surface area contributed by atoms with Crippen LogP contribution in [0.4, 0.5) is 0 Å². The van der Waals surface area contributed by atoms with Crippen LogP contribution < -0.4 is 10.1 Å². The fourth-order valence-electron chi connectivity index (χ4n) is 3.71. The van der Waals surface area contributed by atoms with E-state index in [-0.39, 0.29) is 25.0 Å². The van der Waals surface area contributed by atoms with E-state index >= 15 is 0 Å². The van der Waals surface area contributed by atoms with Gasteiger partial charge >= 0.3 is 0 Å². The smallest absolute Gasteiger partial charge is 0.261 e. The molecule has 3 rings (SSSR count). The first-order valence-electron chi connectivity index (χ1n) is 11.9. The van der Waals surface area contributed by atoms with Crippen molar-refractivity contribution in [2.24, 2.45) is 0 Å². The zero-order valence-corrected chi connectivity index (χ0v) is 24.2. The number of amides is 2. The van der Waals surface area contributed by atoms with Gasteiger partial charge in [-0.3, -0.25) is 9.59 Å². The van der Waals surface area contributed by atoms with Crippen molar-refractivity contribution in [3.05, 3.63) is 97.4 Å². The number of nitrogens with one attached hydrogen (secondary N) is 1. The summed E-state index contributed by atoms with van der Waals surface area (Å²) in [5.41, 5.74) is 1.68. The molecule has 3 aromatic carbocycles. The Morgan fingerprint density at radius 3 is 2.41 bits per heavy atom. The minimum atomic E-state index is -0.765. The first-order valence-corrected chi connectivity index (χ1v) is 13.8. The number of unbranched alkanes of at least 4 members (excludes halogenated alkanes) is 1. The molecule has 0 radical (unpaired) electrons. The molecule has 0 aliphatic carbocycles. The van der Waals surface area contributed by atoms with Gasteiger partial charge < -0.3 is 15.0 Å². The van der Waals surface area contributed by atoms with E-state index in [1.165, 1.54) is 4.90 Å². The van der Waals surface area contributed by atoms with Gasteiger partial charge in [0.1, 0.15) is 11.8 Å². The molecule has 3 aromatic rings. The highest BCUT2D eigenvalue weighted by Gasteiger charge is 2.30. The molecule has 9 heteroatoms. The van der Waals surface area contributed by atoms with Crippen LogP contribution in [0.5, 0.6) is 5.75 Å². The molecule has 1 N–H and O–H groups in total. The highest BCUT2D eigenvalue weighted by atomic mass is 79.9. The van der Waals surface area contributed by atoms with Crippen LogP contribution in [0.1, 0.15) is 30.9 Å². The molecule has 5 nitrogen and oxygen atoms in total. The second-order valence-electron chi connectivity index (χ2n) is 8.48. The molecule has 0 saturated carbocycles. The Morgan fingerprint density at radius 1 is 0.973 bits per heavy atom. The molecule has 1 atom stereocenters. The number of halogens is 4. The van der Waals surface area contributed by atoms with Crippen LogP contribution in [0.25, 0.3) is 0 Å². The molecule has 0 fully saturated rings. The number of hydrogen-bond acceptors (Lipinski definition) is 3. The summed E-state index contributed by atoms with van der Waals surface area (Å²) < 4.78 is 6.44. The first kappa shape index (κ1) is 29.3. The largest absolute Gasteiger partial charge is 0.483 e. The van der Waals surface area contributed by atoms with Crippen molar-refractivity contribution >= 4 is 62.5 Å². The molecule has 0 aliphatic heterocycles. The summed E-state index contributed by atoms with van der Waals surface area (Å²) in [5, 5.41) is 4.32. The molecule has 0 heterocycles. The normalized spacial score (nSPS) is 11.6. The summed E-state index contributed by atoms with van der Waals surface area (Å²) in [6.07, 6.45) is 2.13. The second-order valence-corrected chi connectivity index (χ2v) is 10.6. The number of nitrogens with zero attached hydrogens (tertiary/aromatic N) is 1. The number of benzene rings is 3. The van der Waals surface area contributed by atoms with Crippen molar-refractivity contribution in [2.45, 2.75) is 38.8 Å². The first-order chi connectivity index (χ1) is 17.8. The maximum atomic E-state index is 13.6. The van der Waals surface area contributed by atoms with Crippen molar-refractivity contribution in [1.82, 2.24) is 10.2 Å². The maximum Gasteiger partial charge on any atom is 0.261 e.